The topological polar surface area (TPSA) is 96.0 Å². The van der Waals surface area contributed by atoms with Crippen molar-refractivity contribution in [1.82, 2.24) is 10.2 Å². The molecule has 0 heterocycles. The van der Waals surface area contributed by atoms with Crippen LogP contribution in [0.2, 0.25) is 0 Å². The smallest absolute Gasteiger partial charge is 0.242 e. The van der Waals surface area contributed by atoms with Crippen LogP contribution in [0.3, 0.4) is 0 Å². The Morgan fingerprint density at radius 3 is 2.42 bits per heavy atom. The van der Waals surface area contributed by atoms with Crippen molar-refractivity contribution in [3.8, 4) is 5.75 Å². The summed E-state index contributed by atoms with van der Waals surface area (Å²) in [6.07, 6.45) is 5.72. The van der Waals surface area contributed by atoms with Crippen molar-refractivity contribution in [3.05, 3.63) is 60.2 Å². The molecule has 196 valence electrons. The van der Waals surface area contributed by atoms with E-state index in [1.807, 2.05) is 30.3 Å². The minimum atomic E-state index is -3.56. The average Bonchev–Trinajstić information content (AvgIpc) is 3.37. The molecule has 36 heavy (non-hydrogen) atoms. The molecule has 3 rings (SSSR count). The predicted molar refractivity (Wildman–Crippen MR) is 141 cm³/mol. The van der Waals surface area contributed by atoms with Crippen LogP contribution in [0.5, 0.6) is 5.75 Å². The number of carbonyl (C=O) groups is 2. The van der Waals surface area contributed by atoms with Gasteiger partial charge in [-0.05, 0) is 43.9 Å². The molecule has 1 N–H and O–H groups in total. The van der Waals surface area contributed by atoms with Crippen molar-refractivity contribution in [1.29, 1.82) is 0 Å². The lowest BCUT2D eigenvalue weighted by Crippen LogP contribution is -2.49. The van der Waals surface area contributed by atoms with Gasteiger partial charge in [-0.25, -0.2) is 8.42 Å². The summed E-state index contributed by atoms with van der Waals surface area (Å²) in [4.78, 5) is 27.9. The van der Waals surface area contributed by atoms with Gasteiger partial charge in [0.25, 0.3) is 0 Å². The molecular formula is C27H37N3O5S. The number of hydrogen-bond acceptors (Lipinski definition) is 5. The van der Waals surface area contributed by atoms with Crippen molar-refractivity contribution in [2.75, 3.05) is 24.2 Å². The quantitative estimate of drug-likeness (QED) is 0.465. The first kappa shape index (κ1) is 27.5. The van der Waals surface area contributed by atoms with Crippen molar-refractivity contribution in [2.45, 2.75) is 64.1 Å². The third-order valence-electron chi connectivity index (χ3n) is 6.56. The van der Waals surface area contributed by atoms with E-state index in [1.54, 1.807) is 36.1 Å². The molecule has 1 fully saturated rings. The number of benzene rings is 2. The summed E-state index contributed by atoms with van der Waals surface area (Å²) in [7, 11) is -2.04. The van der Waals surface area contributed by atoms with Crippen LogP contribution < -0.4 is 14.4 Å². The first-order valence-corrected chi connectivity index (χ1v) is 14.3. The number of nitrogens with zero attached hydrogens (tertiary/aromatic N) is 2. The van der Waals surface area contributed by atoms with Gasteiger partial charge < -0.3 is 15.0 Å². The fourth-order valence-corrected chi connectivity index (χ4v) is 5.48. The molecule has 2 amide bonds. The summed E-state index contributed by atoms with van der Waals surface area (Å²) in [5.41, 5.74) is 1.41. The van der Waals surface area contributed by atoms with Gasteiger partial charge in [0.2, 0.25) is 21.8 Å². The van der Waals surface area contributed by atoms with E-state index in [0.717, 1.165) is 37.5 Å². The molecule has 0 aromatic heterocycles. The minimum absolute atomic E-state index is 0.115. The van der Waals surface area contributed by atoms with Gasteiger partial charge in [-0.15, -0.1) is 0 Å². The fourth-order valence-electron chi connectivity index (χ4n) is 4.52. The van der Waals surface area contributed by atoms with Gasteiger partial charge in [-0.1, -0.05) is 49.2 Å². The van der Waals surface area contributed by atoms with Gasteiger partial charge in [-0.3, -0.25) is 13.9 Å². The Hall–Kier alpha value is -3.07. The molecule has 0 unspecified atom stereocenters. The van der Waals surface area contributed by atoms with E-state index < -0.39 is 16.1 Å². The normalized spacial score (nSPS) is 14.8. The molecule has 2 aromatic rings. The number of methoxy groups -OCH3 is 1. The molecule has 0 bridgehead atoms. The van der Waals surface area contributed by atoms with E-state index >= 15 is 0 Å². The summed E-state index contributed by atoms with van der Waals surface area (Å²) in [6, 6.07) is 15.9. The highest BCUT2D eigenvalue weighted by Crippen LogP contribution is 2.24. The Morgan fingerprint density at radius 2 is 1.78 bits per heavy atom. The standard InChI is InChI=1S/C27H37N3O5S/c1-21(27(32)28-23-13-7-8-14-23)29(20-22-11-5-4-6-12-22)26(31)17-10-18-30(36(3,33)34)24-15-9-16-25(19-24)35-2/h4-6,9,11-12,15-16,19,21,23H,7-8,10,13-14,17-18,20H2,1-3H3,(H,28,32)/t21-/m1/s1. The zero-order valence-electron chi connectivity index (χ0n) is 21.4. The lowest BCUT2D eigenvalue weighted by molar-refractivity contribution is -0.141. The van der Waals surface area contributed by atoms with Crippen LogP contribution in [0.15, 0.2) is 54.6 Å². The number of amides is 2. The lowest BCUT2D eigenvalue weighted by Gasteiger charge is -2.30. The monoisotopic (exact) mass is 515 g/mol. The van der Waals surface area contributed by atoms with Crippen molar-refractivity contribution in [3.63, 3.8) is 0 Å². The van der Waals surface area contributed by atoms with Gasteiger partial charge in [0.15, 0.2) is 0 Å². The fraction of sp³-hybridized carbons (Fsp3) is 0.481. The summed E-state index contributed by atoms with van der Waals surface area (Å²) in [5, 5.41) is 3.09. The number of ether oxygens (including phenoxy) is 1. The SMILES string of the molecule is COc1cccc(N(CCCC(=O)N(Cc2ccccc2)[C@H](C)C(=O)NC2CCCC2)S(C)(=O)=O)c1. The largest absolute Gasteiger partial charge is 0.497 e. The van der Waals surface area contributed by atoms with E-state index in [1.165, 1.54) is 11.4 Å². The molecular weight excluding hydrogens is 478 g/mol. The number of anilines is 1. The van der Waals surface area contributed by atoms with E-state index in [2.05, 4.69) is 5.32 Å². The van der Waals surface area contributed by atoms with Gasteiger partial charge in [0.05, 0.1) is 19.1 Å². The maximum absolute atomic E-state index is 13.4. The summed E-state index contributed by atoms with van der Waals surface area (Å²) < 4.78 is 31.5. The second-order valence-corrected chi connectivity index (χ2v) is 11.2. The van der Waals surface area contributed by atoms with Gasteiger partial charge in [0.1, 0.15) is 11.8 Å². The van der Waals surface area contributed by atoms with E-state index in [-0.39, 0.29) is 30.8 Å². The molecule has 0 aliphatic heterocycles. The maximum Gasteiger partial charge on any atom is 0.242 e. The first-order chi connectivity index (χ1) is 17.2. The molecule has 1 saturated carbocycles. The Bertz CT molecular complexity index is 1120. The van der Waals surface area contributed by atoms with Gasteiger partial charge >= 0.3 is 0 Å². The van der Waals surface area contributed by atoms with Crippen LogP contribution in [0.25, 0.3) is 0 Å². The molecule has 9 heteroatoms. The molecule has 8 nitrogen and oxygen atoms in total. The van der Waals surface area contributed by atoms with Crippen LogP contribution in [-0.2, 0) is 26.2 Å². The first-order valence-electron chi connectivity index (χ1n) is 12.4. The Balaban J connectivity index is 1.70. The molecule has 0 spiro atoms. The van der Waals surface area contributed by atoms with E-state index in [9.17, 15) is 18.0 Å². The molecule has 1 aliphatic rings. The molecule has 2 aromatic carbocycles. The van der Waals surface area contributed by atoms with Crippen molar-refractivity contribution < 1.29 is 22.7 Å². The summed E-state index contributed by atoms with van der Waals surface area (Å²) >= 11 is 0. The highest BCUT2D eigenvalue weighted by molar-refractivity contribution is 7.92. The average molecular weight is 516 g/mol. The van der Waals surface area contributed by atoms with Crippen LogP contribution in [0.1, 0.15) is 51.0 Å². The Morgan fingerprint density at radius 1 is 1.08 bits per heavy atom. The van der Waals surface area contributed by atoms with Crippen LogP contribution in [0.4, 0.5) is 5.69 Å². The molecule has 1 atom stereocenters. The highest BCUT2D eigenvalue weighted by atomic mass is 32.2. The van der Waals surface area contributed by atoms with Crippen LogP contribution in [0, 0.1) is 0 Å². The van der Waals surface area contributed by atoms with Crippen molar-refractivity contribution >= 4 is 27.5 Å². The maximum atomic E-state index is 13.4. The van der Waals surface area contributed by atoms with Crippen LogP contribution in [-0.4, -0.2) is 57.1 Å². The second-order valence-electron chi connectivity index (χ2n) is 9.31. The summed E-state index contributed by atoms with van der Waals surface area (Å²) in [5.74, 6) is 0.209. The zero-order chi connectivity index (χ0) is 26.1. The molecule has 0 radical (unpaired) electrons. The third kappa shape index (κ3) is 7.71. The van der Waals surface area contributed by atoms with Gasteiger partial charge in [-0.2, -0.15) is 0 Å². The van der Waals surface area contributed by atoms with Gasteiger partial charge in [0, 0.05) is 31.6 Å². The molecule has 1 aliphatic carbocycles. The van der Waals surface area contributed by atoms with E-state index in [4.69, 9.17) is 4.74 Å². The Kier molecular flexibility index (Phi) is 9.75. The number of nitrogens with one attached hydrogen (secondary N) is 1. The number of rotatable bonds is 12. The van der Waals surface area contributed by atoms with Crippen LogP contribution >= 0.6 is 0 Å². The lowest BCUT2D eigenvalue weighted by atomic mass is 10.1. The molecule has 0 saturated heterocycles. The second kappa shape index (κ2) is 12.8. The summed E-state index contributed by atoms with van der Waals surface area (Å²) in [6.45, 7) is 2.20. The number of carbonyl (C=O) groups excluding carboxylic acids is 2. The van der Waals surface area contributed by atoms with Crippen molar-refractivity contribution in [2.24, 2.45) is 0 Å². The minimum Gasteiger partial charge on any atom is -0.497 e. The highest BCUT2D eigenvalue weighted by Gasteiger charge is 2.28. The van der Waals surface area contributed by atoms with E-state index in [0.29, 0.717) is 24.4 Å². The predicted octanol–water partition coefficient (Wildman–Crippen LogP) is 3.72. The number of sulfonamides is 1. The Labute approximate surface area is 214 Å². The number of hydrogen-bond donors (Lipinski definition) is 1. The third-order valence-corrected chi connectivity index (χ3v) is 7.75. The zero-order valence-corrected chi connectivity index (χ0v) is 22.2.